The first-order chi connectivity index (χ1) is 12.4. The molecule has 0 unspecified atom stereocenters. The third-order valence-electron chi connectivity index (χ3n) is 4.54. The van der Waals surface area contributed by atoms with E-state index in [1.807, 2.05) is 39.2 Å². The first kappa shape index (κ1) is 18.8. The van der Waals surface area contributed by atoms with E-state index in [0.717, 1.165) is 22.4 Å². The lowest BCUT2D eigenvalue weighted by molar-refractivity contribution is 0.140. The van der Waals surface area contributed by atoms with Gasteiger partial charge in [-0.15, -0.1) is 0 Å². The van der Waals surface area contributed by atoms with Crippen LogP contribution in [0, 0.1) is 20.8 Å². The number of aromatic nitrogens is 4. The Balaban J connectivity index is 1.61. The van der Waals surface area contributed by atoms with E-state index in [4.69, 9.17) is 0 Å². The summed E-state index contributed by atoms with van der Waals surface area (Å²) < 4.78 is 15.2. The third kappa shape index (κ3) is 4.60. The molecule has 0 aromatic carbocycles. The van der Waals surface area contributed by atoms with Crippen molar-refractivity contribution < 1.29 is 4.39 Å². The molecular weight excluding hydrogens is 351 g/mol. The van der Waals surface area contributed by atoms with E-state index in [9.17, 15) is 0 Å². The van der Waals surface area contributed by atoms with Gasteiger partial charge in [0.05, 0.1) is 6.54 Å². The SMILES string of the molecule is CSc1nc(C)cc(N2CCC(F)(CNc3cc(C)nc(C)n3)CC2)n1. The van der Waals surface area contributed by atoms with Gasteiger partial charge in [-0.3, -0.25) is 0 Å². The van der Waals surface area contributed by atoms with Crippen LogP contribution < -0.4 is 10.2 Å². The lowest BCUT2D eigenvalue weighted by atomic mass is 9.93. The van der Waals surface area contributed by atoms with Crippen molar-refractivity contribution in [3.63, 3.8) is 0 Å². The summed E-state index contributed by atoms with van der Waals surface area (Å²) in [5.41, 5.74) is 0.576. The van der Waals surface area contributed by atoms with E-state index >= 15 is 4.39 Å². The van der Waals surface area contributed by atoms with Crippen LogP contribution in [0.3, 0.4) is 0 Å². The molecule has 26 heavy (non-hydrogen) atoms. The maximum atomic E-state index is 15.2. The Morgan fingerprint density at radius 2 is 1.77 bits per heavy atom. The molecule has 1 saturated heterocycles. The fourth-order valence-electron chi connectivity index (χ4n) is 3.15. The van der Waals surface area contributed by atoms with Crippen molar-refractivity contribution in [2.45, 2.75) is 44.4 Å². The summed E-state index contributed by atoms with van der Waals surface area (Å²) in [6.45, 7) is 7.26. The molecule has 2 aromatic heterocycles. The van der Waals surface area contributed by atoms with Gasteiger partial charge in [0.15, 0.2) is 5.16 Å². The molecule has 2 aromatic rings. The molecule has 6 nitrogen and oxygen atoms in total. The zero-order chi connectivity index (χ0) is 18.7. The quantitative estimate of drug-likeness (QED) is 0.634. The number of aryl methyl sites for hydroxylation is 3. The Morgan fingerprint density at radius 3 is 2.42 bits per heavy atom. The fraction of sp³-hybridized carbons (Fsp3) is 0.556. The molecule has 1 aliphatic heterocycles. The van der Waals surface area contributed by atoms with Crippen molar-refractivity contribution >= 4 is 23.4 Å². The third-order valence-corrected chi connectivity index (χ3v) is 5.09. The molecule has 8 heteroatoms. The number of nitrogens with zero attached hydrogens (tertiary/aromatic N) is 5. The van der Waals surface area contributed by atoms with E-state index in [-0.39, 0.29) is 6.54 Å². The molecule has 0 amide bonds. The predicted octanol–water partition coefficient (Wildman–Crippen LogP) is 3.33. The Morgan fingerprint density at radius 1 is 1.08 bits per heavy atom. The summed E-state index contributed by atoms with van der Waals surface area (Å²) in [4.78, 5) is 19.7. The molecule has 1 fully saturated rings. The van der Waals surface area contributed by atoms with Gasteiger partial charge in [0.1, 0.15) is 23.1 Å². The van der Waals surface area contributed by atoms with Gasteiger partial charge >= 0.3 is 0 Å². The largest absolute Gasteiger partial charge is 0.367 e. The van der Waals surface area contributed by atoms with E-state index in [2.05, 4.69) is 30.2 Å². The molecule has 0 radical (unpaired) electrons. The van der Waals surface area contributed by atoms with Crippen LogP contribution in [-0.2, 0) is 0 Å². The number of nitrogens with one attached hydrogen (secondary N) is 1. The van der Waals surface area contributed by atoms with Gasteiger partial charge in [0.2, 0.25) is 0 Å². The highest BCUT2D eigenvalue weighted by molar-refractivity contribution is 7.98. The van der Waals surface area contributed by atoms with Gasteiger partial charge in [0.25, 0.3) is 0 Å². The van der Waals surface area contributed by atoms with Crippen LogP contribution in [0.5, 0.6) is 0 Å². The Kier molecular flexibility index (Phi) is 5.60. The van der Waals surface area contributed by atoms with Gasteiger partial charge in [-0.2, -0.15) is 0 Å². The normalized spacial score (nSPS) is 16.6. The van der Waals surface area contributed by atoms with Crippen molar-refractivity contribution in [1.82, 2.24) is 19.9 Å². The average molecular weight is 377 g/mol. The Bertz CT molecular complexity index is 756. The first-order valence-corrected chi connectivity index (χ1v) is 9.99. The maximum Gasteiger partial charge on any atom is 0.189 e. The molecule has 0 aliphatic carbocycles. The second-order valence-corrected chi connectivity index (χ2v) is 7.56. The molecule has 0 bridgehead atoms. The summed E-state index contributed by atoms with van der Waals surface area (Å²) in [6.07, 6.45) is 2.88. The van der Waals surface area contributed by atoms with E-state index < -0.39 is 5.67 Å². The molecule has 140 valence electrons. The monoisotopic (exact) mass is 376 g/mol. The standard InChI is InChI=1S/C18H25FN6S/c1-12-9-15(23-14(3)21-12)20-11-18(19)5-7-25(8-6-18)16-10-13(2)22-17(24-16)26-4/h9-10H,5-8,11H2,1-4H3,(H,20,21,23). The van der Waals surface area contributed by atoms with Crippen molar-refractivity contribution in [2.24, 2.45) is 0 Å². The zero-order valence-corrected chi connectivity index (χ0v) is 16.5. The van der Waals surface area contributed by atoms with E-state index in [0.29, 0.717) is 37.6 Å². The average Bonchev–Trinajstić information content (AvgIpc) is 2.59. The van der Waals surface area contributed by atoms with E-state index in [1.54, 1.807) is 0 Å². The number of halogens is 1. The zero-order valence-electron chi connectivity index (χ0n) is 15.7. The lowest BCUT2D eigenvalue weighted by Crippen LogP contribution is -2.46. The lowest BCUT2D eigenvalue weighted by Gasteiger charge is -2.37. The molecule has 1 N–H and O–H groups in total. The minimum atomic E-state index is -1.24. The summed E-state index contributed by atoms with van der Waals surface area (Å²) in [5, 5.41) is 3.90. The predicted molar refractivity (Wildman–Crippen MR) is 104 cm³/mol. The highest BCUT2D eigenvalue weighted by Gasteiger charge is 2.35. The minimum Gasteiger partial charge on any atom is -0.367 e. The number of thioether (sulfide) groups is 1. The smallest absolute Gasteiger partial charge is 0.189 e. The number of alkyl halides is 1. The van der Waals surface area contributed by atoms with Crippen molar-refractivity contribution in [3.8, 4) is 0 Å². The molecule has 3 heterocycles. The van der Waals surface area contributed by atoms with Crippen LogP contribution in [-0.4, -0.2) is 51.5 Å². The van der Waals surface area contributed by atoms with Crippen LogP contribution in [0.25, 0.3) is 0 Å². The van der Waals surface area contributed by atoms with E-state index in [1.165, 1.54) is 11.8 Å². The first-order valence-electron chi connectivity index (χ1n) is 8.77. The Hall–Kier alpha value is -1.96. The topological polar surface area (TPSA) is 66.8 Å². The summed E-state index contributed by atoms with van der Waals surface area (Å²) >= 11 is 1.52. The maximum absolute atomic E-state index is 15.2. The highest BCUT2D eigenvalue weighted by Crippen LogP contribution is 2.30. The van der Waals surface area contributed by atoms with Crippen LogP contribution in [0.4, 0.5) is 16.0 Å². The van der Waals surface area contributed by atoms with Gasteiger partial charge in [-0.05, 0) is 27.0 Å². The van der Waals surface area contributed by atoms with Crippen molar-refractivity contribution in [2.75, 3.05) is 36.1 Å². The summed E-state index contributed by atoms with van der Waals surface area (Å²) in [7, 11) is 0. The molecule has 0 atom stereocenters. The molecular formula is C18H25FN6S. The van der Waals surface area contributed by atoms with Crippen molar-refractivity contribution in [1.29, 1.82) is 0 Å². The van der Waals surface area contributed by atoms with Gasteiger partial charge in [-0.1, -0.05) is 11.8 Å². The van der Waals surface area contributed by atoms with Crippen LogP contribution >= 0.6 is 11.8 Å². The second-order valence-electron chi connectivity index (χ2n) is 6.79. The van der Waals surface area contributed by atoms with Gasteiger partial charge < -0.3 is 10.2 Å². The number of hydrogen-bond acceptors (Lipinski definition) is 7. The van der Waals surface area contributed by atoms with Crippen LogP contribution in [0.2, 0.25) is 0 Å². The van der Waals surface area contributed by atoms with Gasteiger partial charge in [0, 0.05) is 49.5 Å². The fourth-order valence-corrected chi connectivity index (χ4v) is 3.57. The van der Waals surface area contributed by atoms with Gasteiger partial charge in [-0.25, -0.2) is 24.3 Å². The number of piperidine rings is 1. The summed E-state index contributed by atoms with van der Waals surface area (Å²) in [6, 6.07) is 3.81. The van der Waals surface area contributed by atoms with Crippen molar-refractivity contribution in [3.05, 3.63) is 29.3 Å². The molecule has 1 aliphatic rings. The second kappa shape index (κ2) is 7.73. The molecule has 0 saturated carbocycles. The number of hydrogen-bond donors (Lipinski definition) is 1. The minimum absolute atomic E-state index is 0.260. The highest BCUT2D eigenvalue weighted by atomic mass is 32.2. The number of anilines is 2. The van der Waals surface area contributed by atoms with Crippen LogP contribution in [0.1, 0.15) is 30.1 Å². The molecule has 3 rings (SSSR count). The molecule has 0 spiro atoms. The Labute approximate surface area is 158 Å². The summed E-state index contributed by atoms with van der Waals surface area (Å²) in [5.74, 6) is 2.27. The van der Waals surface area contributed by atoms with Crippen LogP contribution in [0.15, 0.2) is 17.3 Å². The number of rotatable bonds is 5.